The van der Waals surface area contributed by atoms with Crippen LogP contribution in [0.1, 0.15) is 36.0 Å². The number of nitrogens with two attached hydrogens (primary N) is 1. The van der Waals surface area contributed by atoms with Crippen LogP contribution < -0.4 is 5.73 Å². The molecule has 2 aliphatic heterocycles. The van der Waals surface area contributed by atoms with E-state index in [2.05, 4.69) is 15.9 Å². The van der Waals surface area contributed by atoms with E-state index in [1.165, 1.54) is 12.1 Å². The van der Waals surface area contributed by atoms with Gasteiger partial charge in [-0.25, -0.2) is 4.39 Å². The minimum atomic E-state index is -0.341. The first-order valence-corrected chi connectivity index (χ1v) is 7.39. The van der Waals surface area contributed by atoms with Gasteiger partial charge in [-0.2, -0.15) is 0 Å². The first kappa shape index (κ1) is 13.1. The summed E-state index contributed by atoms with van der Waals surface area (Å²) in [4.78, 5) is 14.6. The molecule has 2 N–H and O–H groups in total. The first-order valence-electron chi connectivity index (χ1n) is 6.59. The minimum absolute atomic E-state index is 0.00808. The Morgan fingerprint density at radius 1 is 1.32 bits per heavy atom. The molecule has 0 aromatic heterocycles. The lowest BCUT2D eigenvalue weighted by Crippen LogP contribution is -2.50. The molecule has 1 aromatic carbocycles. The molecule has 2 saturated heterocycles. The lowest BCUT2D eigenvalue weighted by atomic mass is 9.97. The van der Waals surface area contributed by atoms with Crippen LogP contribution in [0.4, 0.5) is 4.39 Å². The molecule has 2 fully saturated rings. The largest absolute Gasteiger partial charge is 0.333 e. The van der Waals surface area contributed by atoms with Crippen LogP contribution in [-0.4, -0.2) is 28.9 Å². The van der Waals surface area contributed by atoms with E-state index in [1.807, 2.05) is 4.90 Å². The summed E-state index contributed by atoms with van der Waals surface area (Å²) in [6, 6.07) is 4.92. The van der Waals surface area contributed by atoms with Gasteiger partial charge in [0.2, 0.25) is 0 Å². The number of hydrogen-bond acceptors (Lipinski definition) is 2. The highest BCUT2D eigenvalue weighted by molar-refractivity contribution is 9.10. The number of hydrogen-bond donors (Lipinski definition) is 1. The van der Waals surface area contributed by atoms with Crippen molar-refractivity contribution in [3.8, 4) is 0 Å². The van der Waals surface area contributed by atoms with Crippen molar-refractivity contribution in [2.75, 3.05) is 0 Å². The van der Waals surface area contributed by atoms with Crippen molar-refractivity contribution in [2.24, 2.45) is 5.73 Å². The van der Waals surface area contributed by atoms with Crippen LogP contribution in [-0.2, 0) is 0 Å². The van der Waals surface area contributed by atoms with Gasteiger partial charge >= 0.3 is 0 Å². The molecule has 2 heterocycles. The summed E-state index contributed by atoms with van der Waals surface area (Å²) in [6.07, 6.45) is 3.81. The molecule has 2 bridgehead atoms. The van der Waals surface area contributed by atoms with Crippen molar-refractivity contribution in [1.29, 1.82) is 0 Å². The zero-order valence-electron chi connectivity index (χ0n) is 10.5. The third-order valence-electron chi connectivity index (χ3n) is 4.17. The zero-order valence-corrected chi connectivity index (χ0v) is 12.1. The van der Waals surface area contributed by atoms with Gasteiger partial charge in [-0.1, -0.05) is 0 Å². The fourth-order valence-electron chi connectivity index (χ4n) is 3.35. The van der Waals surface area contributed by atoms with Gasteiger partial charge in [-0.05, 0) is 59.8 Å². The highest BCUT2D eigenvalue weighted by atomic mass is 79.9. The third kappa shape index (κ3) is 2.30. The highest BCUT2D eigenvalue weighted by Crippen LogP contribution is 2.37. The third-order valence-corrected chi connectivity index (χ3v) is 4.82. The number of amides is 1. The first-order chi connectivity index (χ1) is 9.06. The van der Waals surface area contributed by atoms with Gasteiger partial charge in [0.1, 0.15) is 5.82 Å². The van der Waals surface area contributed by atoms with Crippen LogP contribution in [0, 0.1) is 5.82 Å². The standard InChI is InChI=1S/C14H16BrFN2O/c15-13-5-8(16)1-4-12(13)14(19)18-10-2-3-11(18)7-9(17)6-10/h1,4-5,9-11H,2-3,6-7,17H2. The molecule has 2 aliphatic rings. The fraction of sp³-hybridized carbons (Fsp3) is 0.500. The minimum Gasteiger partial charge on any atom is -0.333 e. The Morgan fingerprint density at radius 3 is 2.53 bits per heavy atom. The Balaban J connectivity index is 1.88. The maximum atomic E-state index is 13.1. The van der Waals surface area contributed by atoms with Crippen molar-refractivity contribution in [3.05, 3.63) is 34.1 Å². The summed E-state index contributed by atoms with van der Waals surface area (Å²) in [5, 5.41) is 0. The zero-order chi connectivity index (χ0) is 13.6. The van der Waals surface area contributed by atoms with Crippen LogP contribution in [0.3, 0.4) is 0 Å². The van der Waals surface area contributed by atoms with Gasteiger partial charge in [-0.15, -0.1) is 0 Å². The number of nitrogens with zero attached hydrogens (tertiary/aromatic N) is 1. The highest BCUT2D eigenvalue weighted by Gasteiger charge is 2.42. The molecule has 19 heavy (non-hydrogen) atoms. The van der Waals surface area contributed by atoms with E-state index in [4.69, 9.17) is 5.73 Å². The normalized spacial score (nSPS) is 29.6. The molecule has 5 heteroatoms. The second kappa shape index (κ2) is 4.87. The van der Waals surface area contributed by atoms with Crippen LogP contribution in [0.25, 0.3) is 0 Å². The van der Waals surface area contributed by atoms with Gasteiger partial charge in [0.05, 0.1) is 5.56 Å². The molecule has 2 atom stereocenters. The fourth-order valence-corrected chi connectivity index (χ4v) is 3.87. The van der Waals surface area contributed by atoms with Gasteiger partial charge in [0.25, 0.3) is 5.91 Å². The van der Waals surface area contributed by atoms with Crippen molar-refractivity contribution in [1.82, 2.24) is 4.90 Å². The van der Waals surface area contributed by atoms with Crippen molar-refractivity contribution < 1.29 is 9.18 Å². The summed E-state index contributed by atoms with van der Waals surface area (Å²) < 4.78 is 13.6. The van der Waals surface area contributed by atoms with E-state index in [9.17, 15) is 9.18 Å². The molecule has 2 unspecified atom stereocenters. The summed E-state index contributed by atoms with van der Waals surface area (Å²) in [7, 11) is 0. The summed E-state index contributed by atoms with van der Waals surface area (Å²) in [6.45, 7) is 0. The second-order valence-electron chi connectivity index (χ2n) is 5.45. The van der Waals surface area contributed by atoms with Crippen LogP contribution in [0.15, 0.2) is 22.7 Å². The molecule has 1 aromatic rings. The summed E-state index contributed by atoms with van der Waals surface area (Å²) >= 11 is 3.27. The van der Waals surface area contributed by atoms with Crippen molar-refractivity contribution in [2.45, 2.75) is 43.8 Å². The molecule has 3 nitrogen and oxygen atoms in total. The number of carbonyl (C=O) groups is 1. The molecule has 102 valence electrons. The van der Waals surface area contributed by atoms with Crippen molar-refractivity contribution in [3.63, 3.8) is 0 Å². The summed E-state index contributed by atoms with van der Waals surface area (Å²) in [5.41, 5.74) is 6.55. The lowest BCUT2D eigenvalue weighted by molar-refractivity contribution is 0.0574. The maximum absolute atomic E-state index is 13.1. The van der Waals surface area contributed by atoms with Crippen LogP contribution in [0.5, 0.6) is 0 Å². The number of piperidine rings is 1. The van der Waals surface area contributed by atoms with E-state index in [0.29, 0.717) is 10.0 Å². The average Bonchev–Trinajstić information content (AvgIpc) is 2.61. The Hall–Kier alpha value is -0.940. The second-order valence-corrected chi connectivity index (χ2v) is 6.31. The molecular formula is C14H16BrFN2O. The number of carbonyl (C=O) groups excluding carboxylic acids is 1. The number of fused-ring (bicyclic) bond motifs is 2. The van der Waals surface area contributed by atoms with Gasteiger partial charge in [0, 0.05) is 22.6 Å². The Bertz CT molecular complexity index is 508. The lowest BCUT2D eigenvalue weighted by Gasteiger charge is -2.38. The van der Waals surface area contributed by atoms with Crippen LogP contribution in [0.2, 0.25) is 0 Å². The molecule has 3 rings (SSSR count). The Morgan fingerprint density at radius 2 is 1.95 bits per heavy atom. The smallest absolute Gasteiger partial charge is 0.255 e. The average molecular weight is 327 g/mol. The summed E-state index contributed by atoms with van der Waals surface area (Å²) in [5.74, 6) is -0.349. The molecule has 0 spiro atoms. The Labute approximate surface area is 120 Å². The molecule has 1 amide bonds. The topological polar surface area (TPSA) is 46.3 Å². The van der Waals surface area contributed by atoms with E-state index < -0.39 is 0 Å². The molecule has 0 aliphatic carbocycles. The predicted molar refractivity (Wildman–Crippen MR) is 74.3 cm³/mol. The Kier molecular flexibility index (Phi) is 3.35. The van der Waals surface area contributed by atoms with Crippen molar-refractivity contribution >= 4 is 21.8 Å². The molecular weight excluding hydrogens is 311 g/mol. The SMILES string of the molecule is NC1CC2CCC(C1)N2C(=O)c1ccc(F)cc1Br. The van der Waals surface area contributed by atoms with E-state index in [0.717, 1.165) is 25.7 Å². The monoisotopic (exact) mass is 326 g/mol. The number of halogens is 2. The van der Waals surface area contributed by atoms with Gasteiger partial charge in [0.15, 0.2) is 0 Å². The van der Waals surface area contributed by atoms with Gasteiger partial charge < -0.3 is 10.6 Å². The van der Waals surface area contributed by atoms with E-state index >= 15 is 0 Å². The maximum Gasteiger partial charge on any atom is 0.255 e. The quantitative estimate of drug-likeness (QED) is 0.862. The van der Waals surface area contributed by atoms with Crippen LogP contribution >= 0.6 is 15.9 Å². The predicted octanol–water partition coefficient (Wildman–Crippen LogP) is 2.68. The molecule has 0 radical (unpaired) electrons. The number of rotatable bonds is 1. The van der Waals surface area contributed by atoms with E-state index in [-0.39, 0.29) is 29.8 Å². The van der Waals surface area contributed by atoms with Gasteiger partial charge in [-0.3, -0.25) is 4.79 Å². The number of benzene rings is 1. The molecule has 0 saturated carbocycles. The van der Waals surface area contributed by atoms with E-state index in [1.54, 1.807) is 6.07 Å².